The van der Waals surface area contributed by atoms with E-state index < -0.39 is 5.97 Å². The molecule has 7 heterocycles. The molecule has 9 aromatic rings. The Bertz CT molecular complexity index is 2560. The summed E-state index contributed by atoms with van der Waals surface area (Å²) in [5.74, 6) is -0.990. The smallest absolute Gasteiger partial charge is 0.354 e. The van der Waals surface area contributed by atoms with E-state index in [0.29, 0.717) is 0 Å². The third kappa shape index (κ3) is 5.33. The molecule has 0 saturated carbocycles. The Kier molecular flexibility index (Phi) is 7.79. The zero-order valence-electron chi connectivity index (χ0n) is 25.9. The minimum absolute atomic E-state index is 0. The number of fused-ring (bicyclic) bond motifs is 6. The normalized spacial score (nSPS) is 11.5. The van der Waals surface area contributed by atoms with Gasteiger partial charge in [-0.1, -0.05) is 76.5 Å². The van der Waals surface area contributed by atoms with Gasteiger partial charge in [0, 0.05) is 60.9 Å². The van der Waals surface area contributed by atoms with Crippen molar-refractivity contribution in [3.63, 3.8) is 0 Å². The number of hydrogen-bond acceptors (Lipinski definition) is 8. The van der Waals surface area contributed by atoms with Crippen LogP contribution in [0.25, 0.3) is 66.0 Å². The second-order valence-electron chi connectivity index (χ2n) is 11.4. The number of anilines is 4. The summed E-state index contributed by atoms with van der Waals surface area (Å²) < 4.78 is 11.1. The van der Waals surface area contributed by atoms with E-state index in [1.807, 2.05) is 36.4 Å². The molecule has 0 amide bonds. The van der Waals surface area contributed by atoms with E-state index in [1.54, 1.807) is 37.1 Å². The van der Waals surface area contributed by atoms with Gasteiger partial charge in [-0.05, 0) is 35.6 Å². The topological polar surface area (TPSA) is 126 Å². The number of aromatic carboxylic acids is 1. The van der Waals surface area contributed by atoms with Crippen molar-refractivity contribution in [2.75, 3.05) is 10.6 Å². The Morgan fingerprint density at radius 2 is 1.10 bits per heavy atom. The fraction of sp³-hybridized carbons (Fsp3) is 0. The van der Waals surface area contributed by atoms with Gasteiger partial charge in [0.2, 0.25) is 0 Å². The number of nitrogens with zero attached hydrogens (tertiary/aromatic N) is 3. The molecular formula is C40H23IrN5O4-2. The predicted octanol–water partition coefficient (Wildman–Crippen LogP) is 9.79. The summed E-state index contributed by atoms with van der Waals surface area (Å²) in [5.41, 5.74) is 9.66. The van der Waals surface area contributed by atoms with Crippen LogP contribution in [0.5, 0.6) is 0 Å². The number of benzene rings is 4. The predicted molar refractivity (Wildman–Crippen MR) is 189 cm³/mol. The van der Waals surface area contributed by atoms with Crippen molar-refractivity contribution in [1.82, 2.24) is 15.0 Å². The first-order chi connectivity index (χ1) is 24.1. The van der Waals surface area contributed by atoms with Crippen molar-refractivity contribution in [1.29, 1.82) is 0 Å². The molecule has 0 spiro atoms. The molecule has 11 rings (SSSR count). The minimum atomic E-state index is -0.990. The van der Waals surface area contributed by atoms with E-state index in [4.69, 9.17) is 13.9 Å². The Hall–Kier alpha value is -6.35. The van der Waals surface area contributed by atoms with E-state index in [2.05, 4.69) is 74.1 Å². The van der Waals surface area contributed by atoms with Crippen LogP contribution in [0.2, 0.25) is 0 Å². The molecule has 2 aliphatic heterocycles. The first kappa shape index (κ1) is 30.9. The van der Waals surface area contributed by atoms with Crippen molar-refractivity contribution in [3.8, 4) is 22.5 Å². The summed E-state index contributed by atoms with van der Waals surface area (Å²) in [6.45, 7) is 0. The molecule has 50 heavy (non-hydrogen) atoms. The fourth-order valence-electron chi connectivity index (χ4n) is 6.21. The number of rotatable bonds is 1. The van der Waals surface area contributed by atoms with E-state index in [-0.39, 0.29) is 25.8 Å². The number of aromatic nitrogens is 3. The van der Waals surface area contributed by atoms with E-state index >= 15 is 0 Å². The number of furan rings is 2. The van der Waals surface area contributed by atoms with Gasteiger partial charge < -0.3 is 24.6 Å². The summed E-state index contributed by atoms with van der Waals surface area (Å²) >= 11 is 0. The van der Waals surface area contributed by atoms with Gasteiger partial charge in [0.05, 0.1) is 11.4 Å². The van der Waals surface area contributed by atoms with Gasteiger partial charge in [0.25, 0.3) is 0 Å². The molecular weight excluding hydrogens is 807 g/mol. The maximum atomic E-state index is 10.1. The molecule has 243 valence electrons. The van der Waals surface area contributed by atoms with Crippen LogP contribution in [0.4, 0.5) is 22.7 Å². The molecule has 0 aliphatic carbocycles. The molecule has 2 aliphatic rings. The Labute approximate surface area is 298 Å². The molecule has 1 radical (unpaired) electrons. The summed E-state index contributed by atoms with van der Waals surface area (Å²) in [5, 5.41) is 21.7. The first-order valence-electron chi connectivity index (χ1n) is 15.4. The monoisotopic (exact) mass is 830 g/mol. The Balaban J connectivity index is 0.000000115. The van der Waals surface area contributed by atoms with Gasteiger partial charge in [-0.15, -0.1) is 35.0 Å². The number of carbonyl (C=O) groups is 1. The summed E-state index contributed by atoms with van der Waals surface area (Å²) in [4.78, 5) is 22.8. The Morgan fingerprint density at radius 3 is 1.56 bits per heavy atom. The van der Waals surface area contributed by atoms with Crippen LogP contribution in [-0.2, 0) is 20.1 Å². The van der Waals surface area contributed by atoms with Gasteiger partial charge in [0.15, 0.2) is 0 Å². The van der Waals surface area contributed by atoms with Gasteiger partial charge in [-0.2, -0.15) is 0 Å². The van der Waals surface area contributed by atoms with Gasteiger partial charge in [0.1, 0.15) is 29.4 Å². The number of carboxylic acids is 1. The van der Waals surface area contributed by atoms with Crippen molar-refractivity contribution in [2.45, 2.75) is 0 Å². The van der Waals surface area contributed by atoms with Crippen LogP contribution in [0, 0.1) is 12.1 Å². The van der Waals surface area contributed by atoms with Crippen LogP contribution in [-0.4, -0.2) is 26.0 Å². The molecule has 3 N–H and O–H groups in total. The summed E-state index contributed by atoms with van der Waals surface area (Å²) in [7, 11) is 0. The molecule has 4 aromatic carbocycles. The largest absolute Gasteiger partial charge is 0.477 e. The number of pyridine rings is 3. The van der Waals surface area contributed by atoms with Crippen LogP contribution in [0.15, 0.2) is 131 Å². The van der Waals surface area contributed by atoms with Crippen molar-refractivity contribution >= 4 is 72.2 Å². The zero-order valence-corrected chi connectivity index (χ0v) is 28.3. The van der Waals surface area contributed by atoms with Gasteiger partial charge >= 0.3 is 5.97 Å². The third-order valence-corrected chi connectivity index (χ3v) is 8.45. The van der Waals surface area contributed by atoms with Crippen molar-refractivity contribution < 1.29 is 38.8 Å². The Morgan fingerprint density at radius 1 is 0.600 bits per heavy atom. The number of carboxylic acid groups (broad SMARTS) is 1. The van der Waals surface area contributed by atoms with Crippen LogP contribution >= 0.6 is 0 Å². The third-order valence-electron chi connectivity index (χ3n) is 8.45. The molecule has 0 atom stereocenters. The molecule has 0 fully saturated rings. The average molecular weight is 830 g/mol. The number of nitrogens with one attached hydrogen (secondary N) is 2. The van der Waals surface area contributed by atoms with E-state index in [9.17, 15) is 4.79 Å². The molecule has 10 heteroatoms. The second kappa shape index (κ2) is 12.6. The molecule has 0 saturated heterocycles. The quantitative estimate of drug-likeness (QED) is 0.139. The zero-order chi connectivity index (χ0) is 32.9. The van der Waals surface area contributed by atoms with Crippen molar-refractivity contribution in [3.05, 3.63) is 140 Å². The number of hydrogen-bond donors (Lipinski definition) is 3. The average Bonchev–Trinajstić information content (AvgIpc) is 3.76. The van der Waals surface area contributed by atoms with Crippen LogP contribution in [0.1, 0.15) is 10.5 Å². The van der Waals surface area contributed by atoms with E-state index in [0.717, 1.165) is 88.7 Å². The van der Waals surface area contributed by atoms with Crippen LogP contribution < -0.4 is 10.6 Å². The minimum Gasteiger partial charge on any atom is -0.477 e. The van der Waals surface area contributed by atoms with Crippen LogP contribution in [0.3, 0.4) is 0 Å². The maximum absolute atomic E-state index is 10.1. The second-order valence-corrected chi connectivity index (χ2v) is 11.4. The molecule has 9 nitrogen and oxygen atoms in total. The standard InChI is InChI=1S/2C17H9N2O.C6H5NO2.Ir/c2*1-2-4-11-8-13-12(7-10(11)3-1)17-16-14(19-13)9-20-15(16)5-6-18-17;8-6(9)5-3-1-2-4-7-5;/h2*1-6,8-9,19H;1-4H,(H,8,9);/q2*-1;;. The molecule has 0 bridgehead atoms. The molecule has 5 aromatic heterocycles. The van der Waals surface area contributed by atoms with E-state index in [1.165, 1.54) is 12.3 Å². The maximum Gasteiger partial charge on any atom is 0.354 e. The SMILES string of the molecule is O=C(O)c1ccccn1.[Ir].[c-]1c2c(cc3ccccc13)Nc1coc3ccnc-2c13.[c-]1c2c(cc3ccccc13)Nc1coc3ccnc-2c13. The summed E-state index contributed by atoms with van der Waals surface area (Å²) in [6.07, 6.45) is 8.50. The molecule has 0 unspecified atom stereocenters. The summed E-state index contributed by atoms with van der Waals surface area (Å²) in [6, 6.07) is 36.2. The van der Waals surface area contributed by atoms with Gasteiger partial charge in [-0.25, -0.2) is 9.78 Å². The fourth-order valence-corrected chi connectivity index (χ4v) is 6.21. The first-order valence-corrected chi connectivity index (χ1v) is 15.4. The van der Waals surface area contributed by atoms with Crippen molar-refractivity contribution in [2.24, 2.45) is 0 Å². The van der Waals surface area contributed by atoms with Gasteiger partial charge in [-0.3, -0.25) is 9.97 Å².